The SMILES string of the molecule is CN=C(NCC(C)(C)c1ccc(OC)cc1)N1CCC(N2CCOCC2)C1. The highest BCUT2D eigenvalue weighted by molar-refractivity contribution is 5.80. The monoisotopic (exact) mass is 374 g/mol. The summed E-state index contributed by atoms with van der Waals surface area (Å²) in [4.78, 5) is 9.50. The first-order valence-corrected chi connectivity index (χ1v) is 9.95. The van der Waals surface area contributed by atoms with Crippen molar-refractivity contribution >= 4 is 5.96 Å². The summed E-state index contributed by atoms with van der Waals surface area (Å²) in [5.74, 6) is 1.90. The van der Waals surface area contributed by atoms with E-state index in [9.17, 15) is 0 Å². The number of morpholine rings is 1. The summed E-state index contributed by atoms with van der Waals surface area (Å²) in [5, 5.41) is 3.60. The summed E-state index contributed by atoms with van der Waals surface area (Å²) in [6.07, 6.45) is 1.20. The average Bonchev–Trinajstić information content (AvgIpc) is 3.19. The zero-order chi connectivity index (χ0) is 19.3. The van der Waals surface area contributed by atoms with Gasteiger partial charge < -0.3 is 19.7 Å². The lowest BCUT2D eigenvalue weighted by atomic mass is 9.84. The molecule has 0 bridgehead atoms. The molecule has 0 radical (unpaired) electrons. The van der Waals surface area contributed by atoms with Crippen molar-refractivity contribution in [1.29, 1.82) is 0 Å². The molecule has 6 nitrogen and oxygen atoms in total. The molecule has 0 aliphatic carbocycles. The number of hydrogen-bond donors (Lipinski definition) is 1. The van der Waals surface area contributed by atoms with Gasteiger partial charge in [0, 0.05) is 51.2 Å². The highest BCUT2D eigenvalue weighted by Crippen LogP contribution is 2.25. The Balaban J connectivity index is 1.55. The highest BCUT2D eigenvalue weighted by Gasteiger charge is 2.31. The van der Waals surface area contributed by atoms with Gasteiger partial charge in [0.2, 0.25) is 0 Å². The van der Waals surface area contributed by atoms with Gasteiger partial charge >= 0.3 is 0 Å². The first-order chi connectivity index (χ1) is 13.0. The van der Waals surface area contributed by atoms with Crippen LogP contribution in [0.3, 0.4) is 0 Å². The third-order valence-electron chi connectivity index (χ3n) is 5.80. The van der Waals surface area contributed by atoms with Crippen LogP contribution in [-0.4, -0.2) is 81.9 Å². The molecule has 1 unspecified atom stereocenters. The van der Waals surface area contributed by atoms with Gasteiger partial charge in [0.1, 0.15) is 5.75 Å². The number of nitrogens with one attached hydrogen (secondary N) is 1. The number of nitrogens with zero attached hydrogens (tertiary/aromatic N) is 3. The number of likely N-dealkylation sites (tertiary alicyclic amines) is 1. The Morgan fingerprint density at radius 3 is 2.56 bits per heavy atom. The zero-order valence-corrected chi connectivity index (χ0v) is 17.2. The standard InChI is InChI=1S/C21H34N4O2/c1-21(2,17-5-7-19(26-4)8-6-17)16-23-20(22-3)25-10-9-18(15-25)24-11-13-27-14-12-24/h5-8,18H,9-16H2,1-4H3,(H,22,23). The van der Waals surface area contributed by atoms with Crippen molar-refractivity contribution in [3.8, 4) is 5.75 Å². The third kappa shape index (κ3) is 4.93. The molecule has 6 heteroatoms. The van der Waals surface area contributed by atoms with E-state index in [4.69, 9.17) is 9.47 Å². The normalized spacial score (nSPS) is 22.1. The van der Waals surface area contributed by atoms with Gasteiger partial charge in [-0.05, 0) is 24.1 Å². The van der Waals surface area contributed by atoms with Gasteiger partial charge in [0.25, 0.3) is 0 Å². The minimum absolute atomic E-state index is 0.00550. The third-order valence-corrected chi connectivity index (χ3v) is 5.80. The number of guanidine groups is 1. The summed E-state index contributed by atoms with van der Waals surface area (Å²) < 4.78 is 10.8. The molecule has 1 aromatic carbocycles. The summed E-state index contributed by atoms with van der Waals surface area (Å²) in [6, 6.07) is 8.96. The molecular formula is C21H34N4O2. The van der Waals surface area contributed by atoms with E-state index in [0.717, 1.165) is 57.6 Å². The maximum absolute atomic E-state index is 5.49. The second kappa shape index (κ2) is 8.93. The molecule has 150 valence electrons. The largest absolute Gasteiger partial charge is 0.497 e. The molecule has 2 fully saturated rings. The summed E-state index contributed by atoms with van der Waals surface area (Å²) in [6.45, 7) is 11.3. The van der Waals surface area contributed by atoms with Gasteiger partial charge in [-0.15, -0.1) is 0 Å². The van der Waals surface area contributed by atoms with Gasteiger partial charge in [-0.1, -0.05) is 26.0 Å². The zero-order valence-electron chi connectivity index (χ0n) is 17.2. The summed E-state index contributed by atoms with van der Waals surface area (Å²) in [5.41, 5.74) is 1.30. The van der Waals surface area contributed by atoms with Gasteiger partial charge in [-0.2, -0.15) is 0 Å². The molecule has 0 aromatic heterocycles. The lowest BCUT2D eigenvalue weighted by Gasteiger charge is -2.33. The van der Waals surface area contributed by atoms with E-state index in [-0.39, 0.29) is 5.41 Å². The van der Waals surface area contributed by atoms with Crippen LogP contribution in [0.5, 0.6) is 5.75 Å². The van der Waals surface area contributed by atoms with Crippen molar-refractivity contribution in [1.82, 2.24) is 15.1 Å². The van der Waals surface area contributed by atoms with Crippen LogP contribution in [0, 0.1) is 0 Å². The number of rotatable bonds is 5. The van der Waals surface area contributed by atoms with E-state index in [1.54, 1.807) is 7.11 Å². The lowest BCUT2D eigenvalue weighted by Crippen LogP contribution is -2.48. The highest BCUT2D eigenvalue weighted by atomic mass is 16.5. The van der Waals surface area contributed by atoms with Crippen LogP contribution in [0.2, 0.25) is 0 Å². The predicted molar refractivity (Wildman–Crippen MR) is 110 cm³/mol. The second-order valence-electron chi connectivity index (χ2n) is 8.05. The average molecular weight is 375 g/mol. The Hall–Kier alpha value is -1.79. The lowest BCUT2D eigenvalue weighted by molar-refractivity contribution is 0.0195. The molecule has 0 amide bonds. The summed E-state index contributed by atoms with van der Waals surface area (Å²) >= 11 is 0. The van der Waals surface area contributed by atoms with Crippen molar-refractivity contribution in [2.75, 3.05) is 60.1 Å². The fourth-order valence-corrected chi connectivity index (χ4v) is 3.95. The first kappa shape index (κ1) is 20.0. The maximum Gasteiger partial charge on any atom is 0.193 e. The van der Waals surface area contributed by atoms with Crippen molar-refractivity contribution in [3.63, 3.8) is 0 Å². The Kier molecular flexibility index (Phi) is 6.60. The Bertz CT molecular complexity index is 624. The fourth-order valence-electron chi connectivity index (χ4n) is 3.95. The van der Waals surface area contributed by atoms with Crippen molar-refractivity contribution in [2.24, 2.45) is 4.99 Å². The van der Waals surface area contributed by atoms with Crippen molar-refractivity contribution in [3.05, 3.63) is 29.8 Å². The van der Waals surface area contributed by atoms with E-state index in [1.807, 2.05) is 19.2 Å². The van der Waals surface area contributed by atoms with E-state index in [0.29, 0.717) is 6.04 Å². The molecule has 27 heavy (non-hydrogen) atoms. The van der Waals surface area contributed by atoms with Crippen LogP contribution in [0.4, 0.5) is 0 Å². The number of aliphatic imine (C=N–C) groups is 1. The van der Waals surface area contributed by atoms with Crippen LogP contribution in [0.15, 0.2) is 29.3 Å². The van der Waals surface area contributed by atoms with E-state index in [1.165, 1.54) is 12.0 Å². The molecule has 1 aromatic rings. The maximum atomic E-state index is 5.49. The van der Waals surface area contributed by atoms with Crippen LogP contribution >= 0.6 is 0 Å². The number of ether oxygens (including phenoxy) is 2. The smallest absolute Gasteiger partial charge is 0.193 e. The van der Waals surface area contributed by atoms with E-state index >= 15 is 0 Å². The topological polar surface area (TPSA) is 49.3 Å². The minimum Gasteiger partial charge on any atom is -0.497 e. The molecular weight excluding hydrogens is 340 g/mol. The first-order valence-electron chi connectivity index (χ1n) is 9.95. The quantitative estimate of drug-likeness (QED) is 0.631. The number of methoxy groups -OCH3 is 1. The van der Waals surface area contributed by atoms with E-state index in [2.05, 4.69) is 46.1 Å². The molecule has 0 saturated carbocycles. The van der Waals surface area contributed by atoms with Gasteiger partial charge in [0.15, 0.2) is 5.96 Å². The Labute approximate surface area is 163 Å². The van der Waals surface area contributed by atoms with Crippen LogP contribution in [0.1, 0.15) is 25.8 Å². The van der Waals surface area contributed by atoms with Crippen molar-refractivity contribution in [2.45, 2.75) is 31.7 Å². The van der Waals surface area contributed by atoms with Gasteiger partial charge in [0.05, 0.1) is 20.3 Å². The number of hydrogen-bond acceptors (Lipinski definition) is 4. The van der Waals surface area contributed by atoms with Gasteiger partial charge in [-0.25, -0.2) is 0 Å². The molecule has 1 atom stereocenters. The number of benzene rings is 1. The van der Waals surface area contributed by atoms with Crippen LogP contribution in [0.25, 0.3) is 0 Å². The molecule has 2 aliphatic heterocycles. The van der Waals surface area contributed by atoms with Crippen molar-refractivity contribution < 1.29 is 9.47 Å². The molecule has 2 saturated heterocycles. The Morgan fingerprint density at radius 2 is 1.93 bits per heavy atom. The van der Waals surface area contributed by atoms with Crippen LogP contribution in [-0.2, 0) is 10.2 Å². The molecule has 3 rings (SSSR count). The Morgan fingerprint density at radius 1 is 1.22 bits per heavy atom. The van der Waals surface area contributed by atoms with Gasteiger partial charge in [-0.3, -0.25) is 9.89 Å². The molecule has 2 aliphatic rings. The summed E-state index contributed by atoms with van der Waals surface area (Å²) in [7, 11) is 3.58. The minimum atomic E-state index is 0.00550. The fraction of sp³-hybridized carbons (Fsp3) is 0.667. The van der Waals surface area contributed by atoms with E-state index < -0.39 is 0 Å². The molecule has 0 spiro atoms. The predicted octanol–water partition coefficient (Wildman–Crippen LogP) is 1.95. The van der Waals surface area contributed by atoms with Crippen LogP contribution < -0.4 is 10.1 Å². The molecule has 1 N–H and O–H groups in total. The molecule has 2 heterocycles. The second-order valence-corrected chi connectivity index (χ2v) is 8.05.